The molecule has 0 saturated carbocycles. The minimum Gasteiger partial charge on any atom is -0.316 e. The third kappa shape index (κ3) is 6.74. The van der Waals surface area contributed by atoms with Gasteiger partial charge in [-0.2, -0.15) is 0 Å². The third-order valence-corrected chi connectivity index (χ3v) is 3.89. The molecule has 0 radical (unpaired) electrons. The summed E-state index contributed by atoms with van der Waals surface area (Å²) < 4.78 is 0. The maximum Gasteiger partial charge on any atom is 0.0409 e. The first kappa shape index (κ1) is 17.5. The zero-order valence-electron chi connectivity index (χ0n) is 13.3. The van der Waals surface area contributed by atoms with Crippen LogP contribution in [-0.4, -0.2) is 31.6 Å². The van der Waals surface area contributed by atoms with Gasteiger partial charge in [-0.3, -0.25) is 4.90 Å². The van der Waals surface area contributed by atoms with Gasteiger partial charge < -0.3 is 5.32 Å². The van der Waals surface area contributed by atoms with Crippen molar-refractivity contribution in [3.05, 3.63) is 34.9 Å². The molecule has 0 fully saturated rings. The molecule has 0 aliphatic rings. The second-order valence-corrected chi connectivity index (χ2v) is 6.45. The number of unbranched alkanes of at least 4 members (excludes halogenated alkanes) is 1. The molecule has 0 aliphatic carbocycles. The first-order valence-corrected chi connectivity index (χ1v) is 8.05. The second kappa shape index (κ2) is 9.38. The van der Waals surface area contributed by atoms with Crippen LogP contribution >= 0.6 is 11.6 Å². The van der Waals surface area contributed by atoms with Crippen LogP contribution in [0.5, 0.6) is 0 Å². The van der Waals surface area contributed by atoms with E-state index in [9.17, 15) is 0 Å². The van der Waals surface area contributed by atoms with Crippen LogP contribution in [0.2, 0.25) is 5.02 Å². The fourth-order valence-electron chi connectivity index (χ4n) is 2.22. The Kier molecular flexibility index (Phi) is 8.20. The molecule has 1 aromatic rings. The van der Waals surface area contributed by atoms with Crippen molar-refractivity contribution in [2.75, 3.05) is 26.7 Å². The Morgan fingerprint density at radius 2 is 1.95 bits per heavy atom. The van der Waals surface area contributed by atoms with Crippen molar-refractivity contribution in [1.29, 1.82) is 0 Å². The third-order valence-electron chi connectivity index (χ3n) is 3.66. The molecule has 0 bridgehead atoms. The van der Waals surface area contributed by atoms with E-state index in [2.05, 4.69) is 50.2 Å². The largest absolute Gasteiger partial charge is 0.316 e. The Balaban J connectivity index is 2.23. The lowest BCUT2D eigenvalue weighted by Gasteiger charge is -2.25. The number of hydrogen-bond donors (Lipinski definition) is 1. The Hall–Kier alpha value is -0.570. The van der Waals surface area contributed by atoms with Crippen molar-refractivity contribution < 1.29 is 0 Å². The van der Waals surface area contributed by atoms with E-state index < -0.39 is 0 Å². The monoisotopic (exact) mass is 296 g/mol. The highest BCUT2D eigenvalue weighted by atomic mass is 35.5. The zero-order valence-corrected chi connectivity index (χ0v) is 14.1. The first-order valence-electron chi connectivity index (χ1n) is 7.67. The molecule has 0 heterocycles. The summed E-state index contributed by atoms with van der Waals surface area (Å²) in [5, 5.41) is 4.31. The molecule has 1 N–H and O–H groups in total. The van der Waals surface area contributed by atoms with Gasteiger partial charge in [0.15, 0.2) is 0 Å². The van der Waals surface area contributed by atoms with E-state index in [-0.39, 0.29) is 0 Å². The molecule has 0 spiro atoms. The Bertz CT molecular complexity index is 379. The Morgan fingerprint density at radius 1 is 1.20 bits per heavy atom. The molecule has 1 atom stereocenters. The normalized spacial score (nSPS) is 13.2. The molecule has 3 heteroatoms. The van der Waals surface area contributed by atoms with Crippen molar-refractivity contribution in [3.8, 4) is 0 Å². The summed E-state index contributed by atoms with van der Waals surface area (Å²) in [5.41, 5.74) is 1.29. The lowest BCUT2D eigenvalue weighted by Crippen LogP contribution is -2.25. The van der Waals surface area contributed by atoms with E-state index >= 15 is 0 Å². The molecule has 2 nitrogen and oxygen atoms in total. The maximum atomic E-state index is 6.05. The van der Waals surface area contributed by atoms with E-state index in [0.29, 0.717) is 6.04 Å². The Labute approximate surface area is 129 Å². The number of nitrogens with one attached hydrogen (secondary N) is 1. The van der Waals surface area contributed by atoms with E-state index in [4.69, 9.17) is 11.6 Å². The molecule has 114 valence electrons. The summed E-state index contributed by atoms with van der Waals surface area (Å²) in [5.74, 6) is 0.737. The topological polar surface area (TPSA) is 15.3 Å². The van der Waals surface area contributed by atoms with E-state index in [1.165, 1.54) is 18.4 Å². The van der Waals surface area contributed by atoms with Crippen LogP contribution in [0.25, 0.3) is 0 Å². The smallest absolute Gasteiger partial charge is 0.0409 e. The second-order valence-electron chi connectivity index (χ2n) is 6.02. The highest BCUT2D eigenvalue weighted by Crippen LogP contribution is 2.21. The van der Waals surface area contributed by atoms with Gasteiger partial charge in [-0.15, -0.1) is 0 Å². The van der Waals surface area contributed by atoms with Crippen molar-refractivity contribution >= 4 is 11.6 Å². The van der Waals surface area contributed by atoms with Crippen LogP contribution < -0.4 is 5.32 Å². The summed E-state index contributed by atoms with van der Waals surface area (Å²) in [6, 6.07) is 8.58. The van der Waals surface area contributed by atoms with Gasteiger partial charge in [0.05, 0.1) is 0 Å². The van der Waals surface area contributed by atoms with E-state index in [1.807, 2.05) is 12.1 Å². The average molecular weight is 297 g/mol. The van der Waals surface area contributed by atoms with Crippen LogP contribution in [0.15, 0.2) is 24.3 Å². The van der Waals surface area contributed by atoms with E-state index in [1.54, 1.807) is 0 Å². The summed E-state index contributed by atoms with van der Waals surface area (Å²) in [6.07, 6.45) is 2.46. The number of nitrogens with zero attached hydrogens (tertiary/aromatic N) is 1. The molecular formula is C17H29ClN2. The van der Waals surface area contributed by atoms with Crippen molar-refractivity contribution in [3.63, 3.8) is 0 Å². The van der Waals surface area contributed by atoms with Gasteiger partial charge in [-0.25, -0.2) is 0 Å². The zero-order chi connectivity index (χ0) is 15.0. The van der Waals surface area contributed by atoms with Crippen molar-refractivity contribution in [2.45, 2.75) is 39.7 Å². The maximum absolute atomic E-state index is 6.05. The predicted octanol–water partition coefficient (Wildman–Crippen LogP) is 4.36. The first-order chi connectivity index (χ1) is 9.50. The fourth-order valence-corrected chi connectivity index (χ4v) is 2.42. The van der Waals surface area contributed by atoms with Gasteiger partial charge in [0.1, 0.15) is 0 Å². The van der Waals surface area contributed by atoms with E-state index in [0.717, 1.165) is 30.6 Å². The molecule has 1 aromatic carbocycles. The van der Waals surface area contributed by atoms with Crippen molar-refractivity contribution in [2.24, 2.45) is 5.92 Å². The molecular weight excluding hydrogens is 268 g/mol. The number of rotatable bonds is 9. The molecule has 1 unspecified atom stereocenters. The van der Waals surface area contributed by atoms with Gasteiger partial charge in [0.25, 0.3) is 0 Å². The van der Waals surface area contributed by atoms with Gasteiger partial charge in [-0.1, -0.05) is 37.6 Å². The minimum atomic E-state index is 0.414. The van der Waals surface area contributed by atoms with Gasteiger partial charge in [0, 0.05) is 11.1 Å². The highest BCUT2D eigenvalue weighted by molar-refractivity contribution is 6.30. The SMILES string of the molecule is CC(C)CNCCCCN(C)C(C)c1cccc(Cl)c1. The quantitative estimate of drug-likeness (QED) is 0.681. The molecule has 0 saturated heterocycles. The summed E-state index contributed by atoms with van der Waals surface area (Å²) in [6.45, 7) is 10.1. The van der Waals surface area contributed by atoms with Gasteiger partial charge in [-0.05, 0) is 70.1 Å². The molecule has 1 rings (SSSR count). The number of halogens is 1. The minimum absolute atomic E-state index is 0.414. The van der Waals surface area contributed by atoms with Crippen LogP contribution in [-0.2, 0) is 0 Å². The summed E-state index contributed by atoms with van der Waals surface area (Å²) >= 11 is 6.05. The van der Waals surface area contributed by atoms with Crippen LogP contribution in [0, 0.1) is 5.92 Å². The van der Waals surface area contributed by atoms with Gasteiger partial charge in [0.2, 0.25) is 0 Å². The van der Waals surface area contributed by atoms with Crippen LogP contribution in [0.1, 0.15) is 45.2 Å². The molecule has 0 aromatic heterocycles. The van der Waals surface area contributed by atoms with Crippen LogP contribution in [0.4, 0.5) is 0 Å². The summed E-state index contributed by atoms with van der Waals surface area (Å²) in [7, 11) is 2.19. The standard InChI is InChI=1S/C17H29ClN2/c1-14(2)13-19-10-5-6-11-20(4)15(3)16-8-7-9-17(18)12-16/h7-9,12,14-15,19H,5-6,10-11,13H2,1-4H3. The molecule has 0 amide bonds. The fraction of sp³-hybridized carbons (Fsp3) is 0.647. The molecule has 0 aliphatic heterocycles. The predicted molar refractivity (Wildman–Crippen MR) is 89.4 cm³/mol. The number of benzene rings is 1. The van der Waals surface area contributed by atoms with Crippen molar-refractivity contribution in [1.82, 2.24) is 10.2 Å². The molecule has 20 heavy (non-hydrogen) atoms. The summed E-state index contributed by atoms with van der Waals surface area (Å²) in [4.78, 5) is 2.40. The van der Waals surface area contributed by atoms with Crippen LogP contribution in [0.3, 0.4) is 0 Å². The average Bonchev–Trinajstić information content (AvgIpc) is 2.41. The Morgan fingerprint density at radius 3 is 2.60 bits per heavy atom. The number of hydrogen-bond acceptors (Lipinski definition) is 2. The lowest BCUT2D eigenvalue weighted by molar-refractivity contribution is 0.255. The van der Waals surface area contributed by atoms with Gasteiger partial charge >= 0.3 is 0 Å². The lowest BCUT2D eigenvalue weighted by atomic mass is 10.1. The highest BCUT2D eigenvalue weighted by Gasteiger charge is 2.11.